The van der Waals surface area contributed by atoms with Crippen LogP contribution in [0, 0.1) is 17.3 Å². The highest BCUT2D eigenvalue weighted by Gasteiger charge is 2.31. The maximum absolute atomic E-state index is 4.07. The minimum Gasteiger partial charge on any atom is -0.311 e. The highest BCUT2D eigenvalue weighted by atomic mass is 15.0. The predicted octanol–water partition coefficient (Wildman–Crippen LogP) is 5.15. The Hall–Kier alpha value is -0.0400. The lowest BCUT2D eigenvalue weighted by molar-refractivity contribution is 0.186. The predicted molar refractivity (Wildman–Crippen MR) is 84.4 cm³/mol. The van der Waals surface area contributed by atoms with E-state index in [1.807, 2.05) is 0 Å². The van der Waals surface area contributed by atoms with Gasteiger partial charge in [0.25, 0.3) is 0 Å². The average molecular weight is 265 g/mol. The van der Waals surface area contributed by atoms with E-state index in [1.165, 1.54) is 57.8 Å². The topological polar surface area (TPSA) is 12.0 Å². The molecule has 0 heterocycles. The van der Waals surface area contributed by atoms with Crippen molar-refractivity contribution < 1.29 is 0 Å². The lowest BCUT2D eigenvalue weighted by Crippen LogP contribution is -2.45. The first-order valence-electron chi connectivity index (χ1n) is 8.74. The lowest BCUT2D eigenvalue weighted by Gasteiger charge is -2.37. The third-order valence-corrected chi connectivity index (χ3v) is 5.70. The van der Waals surface area contributed by atoms with Gasteiger partial charge in [0.1, 0.15) is 0 Å². The second-order valence-electron chi connectivity index (χ2n) is 8.26. The smallest absolute Gasteiger partial charge is 0.0100 e. The first-order valence-corrected chi connectivity index (χ1v) is 8.74. The molecule has 112 valence electrons. The standard InChI is InChI=1S/C18H35N/c1-14(2)16-9-5-6-10-17(16)19-15-8-7-12-18(3,4)13-11-15/h14-17,19H,5-13H2,1-4H3. The van der Waals surface area contributed by atoms with Gasteiger partial charge in [0.05, 0.1) is 0 Å². The second kappa shape index (κ2) is 6.61. The Balaban J connectivity index is 1.88. The summed E-state index contributed by atoms with van der Waals surface area (Å²) >= 11 is 0. The summed E-state index contributed by atoms with van der Waals surface area (Å²) in [4.78, 5) is 0. The van der Waals surface area contributed by atoms with Crippen LogP contribution in [0.4, 0.5) is 0 Å². The van der Waals surface area contributed by atoms with Gasteiger partial charge in [0.15, 0.2) is 0 Å². The van der Waals surface area contributed by atoms with E-state index >= 15 is 0 Å². The van der Waals surface area contributed by atoms with Crippen molar-refractivity contribution in [3.05, 3.63) is 0 Å². The molecule has 2 rings (SSSR count). The number of rotatable bonds is 3. The quantitative estimate of drug-likeness (QED) is 0.696. The van der Waals surface area contributed by atoms with Crippen LogP contribution in [0.3, 0.4) is 0 Å². The summed E-state index contributed by atoms with van der Waals surface area (Å²) in [6.07, 6.45) is 12.8. The highest BCUT2D eigenvalue weighted by molar-refractivity contribution is 4.87. The molecule has 1 N–H and O–H groups in total. The van der Waals surface area contributed by atoms with Crippen molar-refractivity contribution in [1.82, 2.24) is 5.32 Å². The van der Waals surface area contributed by atoms with Crippen LogP contribution in [-0.4, -0.2) is 12.1 Å². The number of hydrogen-bond donors (Lipinski definition) is 1. The van der Waals surface area contributed by atoms with Gasteiger partial charge in [0, 0.05) is 12.1 Å². The first-order chi connectivity index (χ1) is 8.98. The zero-order valence-electron chi connectivity index (χ0n) is 13.7. The van der Waals surface area contributed by atoms with Gasteiger partial charge < -0.3 is 5.32 Å². The zero-order chi connectivity index (χ0) is 13.9. The Morgan fingerprint density at radius 1 is 0.895 bits per heavy atom. The normalized spacial score (nSPS) is 36.2. The van der Waals surface area contributed by atoms with Gasteiger partial charge in [-0.25, -0.2) is 0 Å². The molecule has 2 fully saturated rings. The van der Waals surface area contributed by atoms with E-state index in [0.29, 0.717) is 5.41 Å². The van der Waals surface area contributed by atoms with E-state index in [0.717, 1.165) is 23.9 Å². The van der Waals surface area contributed by atoms with Crippen molar-refractivity contribution in [3.63, 3.8) is 0 Å². The summed E-state index contributed by atoms with van der Waals surface area (Å²) in [5, 5.41) is 4.07. The molecule has 0 aromatic rings. The van der Waals surface area contributed by atoms with Gasteiger partial charge in [-0.1, -0.05) is 47.0 Å². The van der Waals surface area contributed by atoms with Crippen LogP contribution < -0.4 is 5.32 Å². The van der Waals surface area contributed by atoms with Crippen LogP contribution in [0.1, 0.15) is 85.5 Å². The summed E-state index contributed by atoms with van der Waals surface area (Å²) in [7, 11) is 0. The third kappa shape index (κ3) is 4.48. The van der Waals surface area contributed by atoms with Crippen LogP contribution in [-0.2, 0) is 0 Å². The highest BCUT2D eigenvalue weighted by Crippen LogP contribution is 2.35. The van der Waals surface area contributed by atoms with Gasteiger partial charge in [-0.2, -0.15) is 0 Å². The molecular weight excluding hydrogens is 230 g/mol. The van der Waals surface area contributed by atoms with Crippen molar-refractivity contribution in [3.8, 4) is 0 Å². The average Bonchev–Trinajstić information content (AvgIpc) is 2.51. The summed E-state index contributed by atoms with van der Waals surface area (Å²) in [5.74, 6) is 1.77. The third-order valence-electron chi connectivity index (χ3n) is 5.70. The van der Waals surface area contributed by atoms with Gasteiger partial charge >= 0.3 is 0 Å². The van der Waals surface area contributed by atoms with Crippen molar-refractivity contribution in [1.29, 1.82) is 0 Å². The van der Waals surface area contributed by atoms with Crippen molar-refractivity contribution in [2.45, 2.75) is 97.6 Å². The molecule has 2 aliphatic carbocycles. The van der Waals surface area contributed by atoms with Crippen LogP contribution in [0.2, 0.25) is 0 Å². The molecule has 0 amide bonds. The van der Waals surface area contributed by atoms with E-state index in [2.05, 4.69) is 33.0 Å². The fourth-order valence-electron chi connectivity index (χ4n) is 4.30. The molecule has 2 aliphatic rings. The van der Waals surface area contributed by atoms with Crippen LogP contribution in [0.5, 0.6) is 0 Å². The summed E-state index contributed by atoms with van der Waals surface area (Å²) in [6, 6.07) is 1.60. The molecule has 0 aromatic carbocycles. The monoisotopic (exact) mass is 265 g/mol. The second-order valence-corrected chi connectivity index (χ2v) is 8.26. The minimum atomic E-state index is 0.584. The van der Waals surface area contributed by atoms with Gasteiger partial charge in [-0.3, -0.25) is 0 Å². The fourth-order valence-corrected chi connectivity index (χ4v) is 4.30. The molecule has 2 saturated carbocycles. The van der Waals surface area contributed by atoms with Gasteiger partial charge in [0.2, 0.25) is 0 Å². The molecule has 0 spiro atoms. The maximum atomic E-state index is 4.07. The van der Waals surface area contributed by atoms with E-state index in [9.17, 15) is 0 Å². The molecule has 0 aromatic heterocycles. The van der Waals surface area contributed by atoms with Crippen molar-refractivity contribution in [2.24, 2.45) is 17.3 Å². The molecule has 3 unspecified atom stereocenters. The Labute approximate surface area is 120 Å². The van der Waals surface area contributed by atoms with E-state index in [4.69, 9.17) is 0 Å². The van der Waals surface area contributed by atoms with Crippen LogP contribution >= 0.6 is 0 Å². The minimum absolute atomic E-state index is 0.584. The van der Waals surface area contributed by atoms with Gasteiger partial charge in [-0.15, -0.1) is 0 Å². The lowest BCUT2D eigenvalue weighted by atomic mass is 9.77. The van der Waals surface area contributed by atoms with Gasteiger partial charge in [-0.05, 0) is 55.8 Å². The van der Waals surface area contributed by atoms with E-state index in [-0.39, 0.29) is 0 Å². The number of hydrogen-bond acceptors (Lipinski definition) is 1. The van der Waals surface area contributed by atoms with Crippen molar-refractivity contribution >= 4 is 0 Å². The van der Waals surface area contributed by atoms with Crippen molar-refractivity contribution in [2.75, 3.05) is 0 Å². The zero-order valence-corrected chi connectivity index (χ0v) is 13.7. The molecule has 0 bridgehead atoms. The van der Waals surface area contributed by atoms with Crippen LogP contribution in [0.25, 0.3) is 0 Å². The maximum Gasteiger partial charge on any atom is 0.0100 e. The van der Waals surface area contributed by atoms with Crippen LogP contribution in [0.15, 0.2) is 0 Å². The number of nitrogens with one attached hydrogen (secondary N) is 1. The summed E-state index contributed by atoms with van der Waals surface area (Å²) in [6.45, 7) is 9.74. The SMILES string of the molecule is CC(C)C1CCCCC1NC1CCCC(C)(C)CC1. The molecule has 3 atom stereocenters. The molecule has 0 aliphatic heterocycles. The van der Waals surface area contributed by atoms with E-state index in [1.54, 1.807) is 0 Å². The largest absolute Gasteiger partial charge is 0.311 e. The Morgan fingerprint density at radius 2 is 1.63 bits per heavy atom. The molecule has 19 heavy (non-hydrogen) atoms. The molecule has 1 nitrogen and oxygen atoms in total. The molecule has 0 radical (unpaired) electrons. The summed E-state index contributed by atoms with van der Waals surface area (Å²) < 4.78 is 0. The molecule has 1 heteroatoms. The first kappa shape index (κ1) is 15.4. The molecule has 0 saturated heterocycles. The molecular formula is C18H35N. The Morgan fingerprint density at radius 3 is 2.37 bits per heavy atom. The van der Waals surface area contributed by atoms with E-state index < -0.39 is 0 Å². The summed E-state index contributed by atoms with van der Waals surface area (Å²) in [5.41, 5.74) is 0.584. The Bertz CT molecular complexity index is 269. The Kier molecular flexibility index (Phi) is 5.34. The fraction of sp³-hybridized carbons (Fsp3) is 1.00.